The first-order chi connectivity index (χ1) is 5.57. The maximum atomic E-state index is 9.20. The summed E-state index contributed by atoms with van der Waals surface area (Å²) in [5.41, 5.74) is 5.26. The molecule has 1 fully saturated rings. The van der Waals surface area contributed by atoms with E-state index in [1.54, 1.807) is 0 Å². The maximum absolute atomic E-state index is 9.20. The second-order valence-electron chi connectivity index (χ2n) is 2.81. The summed E-state index contributed by atoms with van der Waals surface area (Å²) in [4.78, 5) is 0. The fraction of sp³-hybridized carbons (Fsp3) is 1.00. The smallest absolute Gasteiger partial charge is 0.173 e. The minimum absolute atomic E-state index is 0.470. The van der Waals surface area contributed by atoms with E-state index in [9.17, 15) is 10.2 Å². The molecule has 0 saturated carbocycles. The maximum Gasteiger partial charge on any atom is 0.173 e. The van der Waals surface area contributed by atoms with Crippen molar-refractivity contribution in [3.05, 3.63) is 0 Å². The molecule has 1 heterocycles. The molecule has 0 aromatic rings. The van der Waals surface area contributed by atoms with Gasteiger partial charge in [-0.15, -0.1) is 0 Å². The van der Waals surface area contributed by atoms with Gasteiger partial charge in [-0.2, -0.15) is 0 Å². The lowest BCUT2D eigenvalue weighted by molar-refractivity contribution is -0.248. The van der Waals surface area contributed by atoms with Crippen LogP contribution in [0.15, 0.2) is 0 Å². The first-order valence-electron chi connectivity index (χ1n) is 3.64. The average molecular weight is 179 g/mol. The Hall–Kier alpha value is -0.240. The molecule has 0 amide bonds. The van der Waals surface area contributed by atoms with Crippen molar-refractivity contribution in [2.45, 2.75) is 30.6 Å². The zero-order chi connectivity index (χ0) is 9.30. The van der Waals surface area contributed by atoms with Crippen LogP contribution in [0.25, 0.3) is 0 Å². The highest BCUT2D eigenvalue weighted by Crippen LogP contribution is 2.17. The summed E-state index contributed by atoms with van der Waals surface area (Å²) in [6.45, 7) is -0.470. The van der Waals surface area contributed by atoms with Crippen LogP contribution < -0.4 is 5.73 Å². The summed E-state index contributed by atoms with van der Waals surface area (Å²) >= 11 is 0. The Morgan fingerprint density at radius 1 is 1.17 bits per heavy atom. The predicted octanol–water partition coefficient (Wildman–Crippen LogP) is -3.26. The van der Waals surface area contributed by atoms with Gasteiger partial charge in [0.15, 0.2) is 6.29 Å². The normalized spacial score (nSPS) is 49.2. The third kappa shape index (κ3) is 1.58. The van der Waals surface area contributed by atoms with Crippen molar-refractivity contribution >= 4 is 0 Å². The molecule has 0 spiro atoms. The van der Waals surface area contributed by atoms with Crippen LogP contribution in [-0.2, 0) is 4.74 Å². The molecule has 0 aromatic carbocycles. The molecular weight excluding hydrogens is 166 g/mol. The van der Waals surface area contributed by atoms with E-state index >= 15 is 0 Å². The molecule has 1 aliphatic rings. The Kier molecular flexibility index (Phi) is 2.99. The fourth-order valence-electron chi connectivity index (χ4n) is 1.12. The predicted molar refractivity (Wildman–Crippen MR) is 38.0 cm³/mol. The highest BCUT2D eigenvalue weighted by Gasteiger charge is 2.41. The van der Waals surface area contributed by atoms with Gasteiger partial charge in [-0.1, -0.05) is 0 Å². The van der Waals surface area contributed by atoms with E-state index in [0.29, 0.717) is 0 Å². The molecule has 0 bridgehead atoms. The van der Waals surface area contributed by atoms with Gasteiger partial charge in [-0.25, -0.2) is 0 Å². The number of hydrogen-bond acceptors (Lipinski definition) is 6. The average Bonchev–Trinajstić information content (AvgIpc) is 2.08. The van der Waals surface area contributed by atoms with E-state index in [2.05, 4.69) is 0 Å². The van der Waals surface area contributed by atoms with Gasteiger partial charge >= 0.3 is 0 Å². The number of rotatable bonds is 1. The number of aliphatic hydroxyl groups is 4. The van der Waals surface area contributed by atoms with Crippen molar-refractivity contribution in [1.29, 1.82) is 0 Å². The lowest BCUT2D eigenvalue weighted by Crippen LogP contribution is -2.61. The van der Waals surface area contributed by atoms with Crippen LogP contribution >= 0.6 is 0 Å². The first kappa shape index (κ1) is 9.85. The Balaban J connectivity index is 2.63. The summed E-state index contributed by atoms with van der Waals surface area (Å²) in [5.74, 6) is 0. The van der Waals surface area contributed by atoms with Crippen LogP contribution in [0.2, 0.25) is 0 Å². The van der Waals surface area contributed by atoms with E-state index in [4.69, 9.17) is 20.7 Å². The Morgan fingerprint density at radius 3 is 2.25 bits per heavy atom. The third-order valence-corrected chi connectivity index (χ3v) is 1.95. The highest BCUT2D eigenvalue weighted by molar-refractivity contribution is 4.90. The van der Waals surface area contributed by atoms with Crippen LogP contribution in [0.5, 0.6) is 0 Å². The molecule has 1 saturated heterocycles. The van der Waals surface area contributed by atoms with Gasteiger partial charge in [0.2, 0.25) is 0 Å². The van der Waals surface area contributed by atoms with Crippen LogP contribution in [0.4, 0.5) is 0 Å². The van der Waals surface area contributed by atoms with Crippen molar-refractivity contribution < 1.29 is 25.2 Å². The number of ether oxygens (including phenoxy) is 1. The molecule has 6 nitrogen and oxygen atoms in total. The van der Waals surface area contributed by atoms with Crippen molar-refractivity contribution in [3.8, 4) is 0 Å². The lowest BCUT2D eigenvalue weighted by Gasteiger charge is -2.38. The lowest BCUT2D eigenvalue weighted by atomic mass is 9.98. The molecule has 72 valence electrons. The molecule has 1 rings (SSSR count). The summed E-state index contributed by atoms with van der Waals surface area (Å²) in [7, 11) is 0. The summed E-state index contributed by atoms with van der Waals surface area (Å²) in [6.07, 6.45) is -4.85. The quantitative estimate of drug-likeness (QED) is 0.288. The fourth-order valence-corrected chi connectivity index (χ4v) is 1.12. The number of aliphatic hydroxyl groups excluding tert-OH is 4. The van der Waals surface area contributed by atoms with Gasteiger partial charge < -0.3 is 30.9 Å². The van der Waals surface area contributed by atoms with Crippen molar-refractivity contribution in [3.63, 3.8) is 0 Å². The first-order valence-corrected chi connectivity index (χ1v) is 3.64. The SMILES string of the molecule is NC1C(O)[C@@H](O)C(CO)O[C@H]1O. The van der Waals surface area contributed by atoms with Gasteiger partial charge in [0.05, 0.1) is 12.6 Å². The van der Waals surface area contributed by atoms with Gasteiger partial charge in [-0.05, 0) is 0 Å². The molecule has 0 radical (unpaired) electrons. The molecular formula is C6H13NO5. The molecule has 5 atom stereocenters. The second-order valence-corrected chi connectivity index (χ2v) is 2.81. The van der Waals surface area contributed by atoms with Gasteiger partial charge in [0.1, 0.15) is 18.3 Å². The van der Waals surface area contributed by atoms with Crippen LogP contribution in [0.3, 0.4) is 0 Å². The largest absolute Gasteiger partial charge is 0.394 e. The standard InChI is InChI=1S/C6H13NO5/c7-3-5(10)4(9)2(1-8)12-6(3)11/h2-6,8-11H,1,7H2/t2?,3?,4-,5?,6+/m0/s1. The molecule has 0 aromatic heterocycles. The zero-order valence-corrected chi connectivity index (χ0v) is 6.37. The molecule has 6 N–H and O–H groups in total. The van der Waals surface area contributed by atoms with E-state index in [-0.39, 0.29) is 0 Å². The monoisotopic (exact) mass is 179 g/mol. The van der Waals surface area contributed by atoms with E-state index < -0.39 is 37.3 Å². The van der Waals surface area contributed by atoms with Crippen molar-refractivity contribution in [2.75, 3.05) is 6.61 Å². The minimum Gasteiger partial charge on any atom is -0.394 e. The second kappa shape index (κ2) is 3.65. The Morgan fingerprint density at radius 2 is 1.75 bits per heavy atom. The Labute approximate surface area is 69.2 Å². The van der Waals surface area contributed by atoms with Crippen molar-refractivity contribution in [1.82, 2.24) is 0 Å². The highest BCUT2D eigenvalue weighted by atomic mass is 16.6. The number of nitrogens with two attached hydrogens (primary N) is 1. The van der Waals surface area contributed by atoms with Gasteiger partial charge in [0, 0.05) is 0 Å². The van der Waals surface area contributed by atoms with E-state index in [0.717, 1.165) is 0 Å². The zero-order valence-electron chi connectivity index (χ0n) is 6.37. The Bertz CT molecular complexity index is 150. The van der Waals surface area contributed by atoms with E-state index in [1.807, 2.05) is 0 Å². The molecule has 12 heavy (non-hydrogen) atoms. The minimum atomic E-state index is -1.35. The van der Waals surface area contributed by atoms with Crippen LogP contribution in [0.1, 0.15) is 0 Å². The molecule has 3 unspecified atom stereocenters. The van der Waals surface area contributed by atoms with Gasteiger partial charge in [-0.3, -0.25) is 0 Å². The van der Waals surface area contributed by atoms with Crippen molar-refractivity contribution in [2.24, 2.45) is 5.73 Å². The molecule has 1 aliphatic heterocycles. The van der Waals surface area contributed by atoms with Crippen LogP contribution in [0, 0.1) is 0 Å². The number of hydrogen-bond donors (Lipinski definition) is 5. The van der Waals surface area contributed by atoms with Crippen LogP contribution in [-0.4, -0.2) is 57.7 Å². The summed E-state index contributed by atoms with van der Waals surface area (Å²) in [6, 6.07) is -1.04. The summed E-state index contributed by atoms with van der Waals surface area (Å²) < 4.78 is 4.70. The molecule has 0 aliphatic carbocycles. The molecule has 6 heteroatoms. The third-order valence-electron chi connectivity index (χ3n) is 1.95. The summed E-state index contributed by atoms with van der Waals surface area (Å²) in [5, 5.41) is 36.1. The topological polar surface area (TPSA) is 116 Å². The van der Waals surface area contributed by atoms with E-state index in [1.165, 1.54) is 0 Å². The van der Waals surface area contributed by atoms with Gasteiger partial charge in [0.25, 0.3) is 0 Å².